The van der Waals surface area contributed by atoms with Crippen molar-refractivity contribution in [3.63, 3.8) is 0 Å². The van der Waals surface area contributed by atoms with Crippen molar-refractivity contribution >= 4 is 35.2 Å². The number of rotatable bonds is 17. The molecule has 50 heavy (non-hydrogen) atoms. The maximum absolute atomic E-state index is 13.9. The number of hydrogen-bond donors (Lipinski definition) is 3. The number of nitrogens with one attached hydrogen (secondary N) is 2. The van der Waals surface area contributed by atoms with Gasteiger partial charge in [0.15, 0.2) is 0 Å². The van der Waals surface area contributed by atoms with Crippen LogP contribution in [0.25, 0.3) is 10.4 Å². The number of likely N-dealkylation sites (tertiary alicyclic amines) is 1. The smallest absolute Gasteiger partial charge is 0.410 e. The molecule has 1 aliphatic heterocycles. The first-order chi connectivity index (χ1) is 23.6. The zero-order valence-corrected chi connectivity index (χ0v) is 32.1. The third-order valence-electron chi connectivity index (χ3n) is 8.80. The van der Waals surface area contributed by atoms with Crippen LogP contribution in [-0.4, -0.2) is 82.5 Å². The van der Waals surface area contributed by atoms with Crippen LogP contribution in [0.2, 0.25) is 0 Å². The number of amides is 4. The standard InChI is InChI=1S/C38H60N6O5S/c1-27-32(50-26-41-27)29-19-17-28(18-20-29)25-40-34(46)30-15-13-24-44(30)35(47)33(37(2,3)4)42-31(45)16-11-9-8-10-12-22-43(23-14-21-39)36(48)49-38(5,6)7/h17-20,26,30,33H,8-16,21-25,39H2,1-7H3,(H,40,46)(H,42,45). The van der Waals surface area contributed by atoms with Crippen molar-refractivity contribution in [3.05, 3.63) is 41.0 Å². The van der Waals surface area contributed by atoms with E-state index in [0.717, 1.165) is 60.2 Å². The summed E-state index contributed by atoms with van der Waals surface area (Å²) in [6.45, 7) is 15.9. The lowest BCUT2D eigenvalue weighted by Gasteiger charge is -2.35. The van der Waals surface area contributed by atoms with Gasteiger partial charge >= 0.3 is 6.09 Å². The Labute approximate surface area is 303 Å². The van der Waals surface area contributed by atoms with Crippen LogP contribution in [0, 0.1) is 12.3 Å². The van der Waals surface area contributed by atoms with E-state index in [1.807, 2.05) is 78.2 Å². The number of thiazole rings is 1. The van der Waals surface area contributed by atoms with Gasteiger partial charge in [-0.05, 0) is 82.9 Å². The molecule has 2 heterocycles. The minimum Gasteiger partial charge on any atom is -0.444 e. The second-order valence-corrected chi connectivity index (χ2v) is 16.2. The normalized spacial score (nSPS) is 15.4. The summed E-state index contributed by atoms with van der Waals surface area (Å²) in [5.41, 5.74) is 9.49. The van der Waals surface area contributed by atoms with Crippen LogP contribution in [0.4, 0.5) is 4.79 Å². The van der Waals surface area contributed by atoms with Gasteiger partial charge < -0.3 is 30.9 Å². The molecule has 0 bridgehead atoms. The van der Waals surface area contributed by atoms with E-state index in [9.17, 15) is 19.2 Å². The first-order valence-corrected chi connectivity index (χ1v) is 19.0. The molecule has 1 fully saturated rings. The topological polar surface area (TPSA) is 147 Å². The molecule has 2 aromatic rings. The molecule has 1 aliphatic rings. The number of unbranched alkanes of at least 4 members (excludes halogenated alkanes) is 4. The summed E-state index contributed by atoms with van der Waals surface area (Å²) in [6, 6.07) is 6.78. The molecule has 278 valence electrons. The van der Waals surface area contributed by atoms with E-state index in [4.69, 9.17) is 10.5 Å². The minimum atomic E-state index is -0.737. The summed E-state index contributed by atoms with van der Waals surface area (Å²) in [5, 5.41) is 6.03. The molecule has 3 rings (SSSR count). The summed E-state index contributed by atoms with van der Waals surface area (Å²) in [5.74, 6) is -0.545. The fourth-order valence-corrected chi connectivity index (χ4v) is 6.84. The third kappa shape index (κ3) is 13.0. The molecule has 0 saturated carbocycles. The molecule has 1 aromatic heterocycles. The predicted octanol–water partition coefficient (Wildman–Crippen LogP) is 6.18. The zero-order chi connectivity index (χ0) is 36.9. The first kappa shape index (κ1) is 40.9. The van der Waals surface area contributed by atoms with Crippen LogP contribution in [-0.2, 0) is 25.7 Å². The highest BCUT2D eigenvalue weighted by Crippen LogP contribution is 2.28. The molecule has 4 N–H and O–H groups in total. The van der Waals surface area contributed by atoms with Gasteiger partial charge in [-0.1, -0.05) is 64.3 Å². The molecule has 4 amide bonds. The second-order valence-electron chi connectivity index (χ2n) is 15.4. The van der Waals surface area contributed by atoms with Gasteiger partial charge in [-0.2, -0.15) is 0 Å². The van der Waals surface area contributed by atoms with Crippen molar-refractivity contribution in [2.75, 3.05) is 26.2 Å². The average Bonchev–Trinajstić information content (AvgIpc) is 3.71. The van der Waals surface area contributed by atoms with Crippen LogP contribution in [0.15, 0.2) is 29.8 Å². The van der Waals surface area contributed by atoms with Crippen LogP contribution in [0.3, 0.4) is 0 Å². The number of nitrogens with two attached hydrogens (primary N) is 1. The number of carbonyl (C=O) groups excluding carboxylic acids is 4. The Hall–Kier alpha value is -3.51. The van der Waals surface area contributed by atoms with Gasteiger partial charge in [-0.3, -0.25) is 14.4 Å². The Bertz CT molecular complexity index is 1400. The molecule has 1 aromatic carbocycles. The number of aromatic nitrogens is 1. The van der Waals surface area contributed by atoms with Crippen molar-refractivity contribution < 1.29 is 23.9 Å². The van der Waals surface area contributed by atoms with Gasteiger partial charge in [0.25, 0.3) is 0 Å². The Balaban J connectivity index is 1.44. The summed E-state index contributed by atoms with van der Waals surface area (Å²) < 4.78 is 5.54. The fraction of sp³-hybridized carbons (Fsp3) is 0.658. The Kier molecular flexibility index (Phi) is 15.7. The van der Waals surface area contributed by atoms with Crippen LogP contribution < -0.4 is 16.4 Å². The lowest BCUT2D eigenvalue weighted by molar-refractivity contribution is -0.143. The number of nitrogens with zero attached hydrogens (tertiary/aromatic N) is 3. The zero-order valence-electron chi connectivity index (χ0n) is 31.3. The Morgan fingerprint density at radius 1 is 1.00 bits per heavy atom. The van der Waals surface area contributed by atoms with E-state index in [1.165, 1.54) is 0 Å². The quantitative estimate of drug-likeness (QED) is 0.166. The largest absolute Gasteiger partial charge is 0.444 e. The van der Waals surface area contributed by atoms with Crippen LogP contribution in [0.1, 0.15) is 111 Å². The summed E-state index contributed by atoms with van der Waals surface area (Å²) >= 11 is 1.60. The van der Waals surface area contributed by atoms with Crippen molar-refractivity contribution in [1.29, 1.82) is 0 Å². The summed E-state index contributed by atoms with van der Waals surface area (Å²) in [4.78, 5) is 61.6. The molecule has 11 nitrogen and oxygen atoms in total. The molecule has 0 radical (unpaired) electrons. The van der Waals surface area contributed by atoms with Crippen LogP contribution in [0.5, 0.6) is 0 Å². The highest BCUT2D eigenvalue weighted by Gasteiger charge is 2.41. The van der Waals surface area contributed by atoms with E-state index in [1.54, 1.807) is 21.1 Å². The maximum atomic E-state index is 13.9. The molecule has 0 aliphatic carbocycles. The van der Waals surface area contributed by atoms with Gasteiger partial charge in [0, 0.05) is 32.6 Å². The van der Waals surface area contributed by atoms with E-state index in [-0.39, 0.29) is 23.8 Å². The van der Waals surface area contributed by atoms with Gasteiger partial charge in [0.05, 0.1) is 16.1 Å². The van der Waals surface area contributed by atoms with Gasteiger partial charge in [-0.15, -0.1) is 11.3 Å². The minimum absolute atomic E-state index is 0.159. The van der Waals surface area contributed by atoms with Crippen molar-refractivity contribution in [1.82, 2.24) is 25.4 Å². The molecular weight excluding hydrogens is 653 g/mol. The van der Waals surface area contributed by atoms with E-state index in [0.29, 0.717) is 52.0 Å². The monoisotopic (exact) mass is 712 g/mol. The number of ether oxygens (including phenoxy) is 1. The van der Waals surface area contributed by atoms with Gasteiger partial charge in [0.1, 0.15) is 17.7 Å². The summed E-state index contributed by atoms with van der Waals surface area (Å²) in [7, 11) is 0. The third-order valence-corrected chi connectivity index (χ3v) is 9.78. The Morgan fingerprint density at radius 2 is 1.66 bits per heavy atom. The molecular formula is C38H60N6O5S. The highest BCUT2D eigenvalue weighted by atomic mass is 32.1. The molecule has 2 unspecified atom stereocenters. The molecule has 2 atom stereocenters. The predicted molar refractivity (Wildman–Crippen MR) is 199 cm³/mol. The highest BCUT2D eigenvalue weighted by molar-refractivity contribution is 7.13. The molecule has 0 spiro atoms. The fourth-order valence-electron chi connectivity index (χ4n) is 6.03. The van der Waals surface area contributed by atoms with Gasteiger partial charge in [0.2, 0.25) is 17.7 Å². The Morgan fingerprint density at radius 3 is 2.28 bits per heavy atom. The lowest BCUT2D eigenvalue weighted by Crippen LogP contribution is -2.57. The SMILES string of the molecule is Cc1ncsc1-c1ccc(CNC(=O)C2CCCN2C(=O)C(NC(=O)CCCCCCCN(CCCN)C(=O)OC(C)(C)C)C(C)(C)C)cc1. The van der Waals surface area contributed by atoms with E-state index < -0.39 is 23.1 Å². The molecule has 12 heteroatoms. The van der Waals surface area contributed by atoms with Crippen molar-refractivity contribution in [3.8, 4) is 10.4 Å². The number of carbonyl (C=O) groups is 4. The van der Waals surface area contributed by atoms with Crippen molar-refractivity contribution in [2.24, 2.45) is 11.1 Å². The molecule has 1 saturated heterocycles. The first-order valence-electron chi connectivity index (χ1n) is 18.2. The van der Waals surface area contributed by atoms with Crippen molar-refractivity contribution in [2.45, 2.75) is 130 Å². The summed E-state index contributed by atoms with van der Waals surface area (Å²) in [6.07, 6.45) is 6.37. The number of benzene rings is 1. The maximum Gasteiger partial charge on any atom is 0.410 e. The van der Waals surface area contributed by atoms with Crippen LogP contribution >= 0.6 is 11.3 Å². The van der Waals surface area contributed by atoms with Gasteiger partial charge in [-0.25, -0.2) is 9.78 Å². The lowest BCUT2D eigenvalue weighted by atomic mass is 9.85. The second kappa shape index (κ2) is 19.2. The van der Waals surface area contributed by atoms with E-state index in [2.05, 4.69) is 15.6 Å². The number of aryl methyl sites for hydroxylation is 1. The number of hydrogen-bond acceptors (Lipinski definition) is 8. The average molecular weight is 713 g/mol. The van der Waals surface area contributed by atoms with E-state index >= 15 is 0 Å².